The van der Waals surface area contributed by atoms with E-state index in [1.807, 2.05) is 49.3 Å². The molecule has 110 valence electrons. The Hall–Kier alpha value is -2.47. The molecule has 1 aromatic carbocycles. The van der Waals surface area contributed by atoms with Crippen LogP contribution < -0.4 is 10.9 Å². The predicted molar refractivity (Wildman–Crippen MR) is 80.1 cm³/mol. The minimum atomic E-state index is -0.331. The van der Waals surface area contributed by atoms with E-state index in [0.717, 1.165) is 5.56 Å². The summed E-state index contributed by atoms with van der Waals surface area (Å²) in [6.07, 6.45) is 0. The van der Waals surface area contributed by atoms with Gasteiger partial charge in [0, 0.05) is 12.6 Å². The molecule has 6 nitrogen and oxygen atoms in total. The summed E-state index contributed by atoms with van der Waals surface area (Å²) < 4.78 is 0. The number of rotatable bonds is 5. The van der Waals surface area contributed by atoms with Crippen LogP contribution in [0, 0.1) is 0 Å². The van der Waals surface area contributed by atoms with Crippen molar-refractivity contribution in [2.75, 3.05) is 20.6 Å². The summed E-state index contributed by atoms with van der Waals surface area (Å²) in [6, 6.07) is 12.7. The van der Waals surface area contributed by atoms with E-state index in [1.54, 1.807) is 0 Å². The third-order valence-corrected chi connectivity index (χ3v) is 3.18. The van der Waals surface area contributed by atoms with Gasteiger partial charge in [0.1, 0.15) is 5.69 Å². The van der Waals surface area contributed by atoms with Crippen LogP contribution in [0.1, 0.15) is 22.1 Å². The van der Waals surface area contributed by atoms with Crippen LogP contribution in [0.3, 0.4) is 0 Å². The Kier molecular flexibility index (Phi) is 4.84. The zero-order valence-corrected chi connectivity index (χ0v) is 12.0. The van der Waals surface area contributed by atoms with Gasteiger partial charge in [-0.3, -0.25) is 9.59 Å². The maximum absolute atomic E-state index is 12.0. The molecule has 2 N–H and O–H groups in total. The smallest absolute Gasteiger partial charge is 0.271 e. The number of benzene rings is 1. The van der Waals surface area contributed by atoms with Gasteiger partial charge in [-0.2, -0.15) is 5.10 Å². The van der Waals surface area contributed by atoms with Crippen LogP contribution in [0.2, 0.25) is 0 Å². The molecule has 0 saturated heterocycles. The Bertz CT molecular complexity index is 632. The molecule has 0 fully saturated rings. The average Bonchev–Trinajstić information content (AvgIpc) is 2.48. The second-order valence-corrected chi connectivity index (χ2v) is 4.91. The van der Waals surface area contributed by atoms with Crippen LogP contribution >= 0.6 is 0 Å². The van der Waals surface area contributed by atoms with Gasteiger partial charge in [0.2, 0.25) is 0 Å². The van der Waals surface area contributed by atoms with Crippen LogP contribution in [0.25, 0.3) is 0 Å². The van der Waals surface area contributed by atoms with Crippen molar-refractivity contribution in [3.05, 3.63) is 64.1 Å². The highest BCUT2D eigenvalue weighted by molar-refractivity contribution is 5.91. The van der Waals surface area contributed by atoms with E-state index in [-0.39, 0.29) is 23.2 Å². The number of carbonyl (C=O) groups is 1. The molecule has 0 radical (unpaired) electrons. The molecule has 21 heavy (non-hydrogen) atoms. The summed E-state index contributed by atoms with van der Waals surface area (Å²) in [5, 5.41) is 8.79. The maximum atomic E-state index is 12.0. The number of H-pyrrole nitrogens is 1. The minimum Gasteiger partial charge on any atom is -0.349 e. The predicted octanol–water partition coefficient (Wildman–Crippen LogP) is 0.803. The fourth-order valence-corrected chi connectivity index (χ4v) is 2.02. The van der Waals surface area contributed by atoms with Crippen LogP contribution in [0.15, 0.2) is 47.3 Å². The first-order valence-corrected chi connectivity index (χ1v) is 6.63. The van der Waals surface area contributed by atoms with E-state index < -0.39 is 0 Å². The third kappa shape index (κ3) is 4.00. The van der Waals surface area contributed by atoms with Crippen molar-refractivity contribution in [3.8, 4) is 0 Å². The normalized spacial score (nSPS) is 12.1. The van der Waals surface area contributed by atoms with Crippen molar-refractivity contribution in [1.29, 1.82) is 0 Å². The van der Waals surface area contributed by atoms with Crippen LogP contribution in [0.5, 0.6) is 0 Å². The standard InChI is InChI=1S/C15H18N4O2/c1-19(2)13(11-6-4-3-5-7-11)10-16-15(21)12-8-9-14(20)18-17-12/h3-9,13H,10H2,1-2H3,(H,16,21)(H,18,20)/t13-/m1/s1. The number of aromatic nitrogens is 2. The summed E-state index contributed by atoms with van der Waals surface area (Å²) in [5.74, 6) is -0.311. The highest BCUT2D eigenvalue weighted by atomic mass is 16.2. The first-order valence-electron chi connectivity index (χ1n) is 6.63. The second-order valence-electron chi connectivity index (χ2n) is 4.91. The Morgan fingerprint density at radius 3 is 2.52 bits per heavy atom. The second kappa shape index (κ2) is 6.81. The molecule has 0 bridgehead atoms. The number of amides is 1. The van der Waals surface area contributed by atoms with Gasteiger partial charge in [-0.25, -0.2) is 5.10 Å². The zero-order chi connectivity index (χ0) is 15.2. The van der Waals surface area contributed by atoms with Crippen LogP contribution in [-0.2, 0) is 0 Å². The number of nitrogens with zero attached hydrogens (tertiary/aromatic N) is 2. The highest BCUT2D eigenvalue weighted by Crippen LogP contribution is 2.16. The van der Waals surface area contributed by atoms with Gasteiger partial charge in [-0.15, -0.1) is 0 Å². The largest absolute Gasteiger partial charge is 0.349 e. The van der Waals surface area contributed by atoms with E-state index >= 15 is 0 Å². The summed E-state index contributed by atoms with van der Waals surface area (Å²) >= 11 is 0. The molecular weight excluding hydrogens is 268 g/mol. The lowest BCUT2D eigenvalue weighted by molar-refractivity contribution is 0.0936. The lowest BCUT2D eigenvalue weighted by Crippen LogP contribution is -2.35. The van der Waals surface area contributed by atoms with E-state index in [1.165, 1.54) is 12.1 Å². The zero-order valence-electron chi connectivity index (χ0n) is 12.0. The molecule has 1 atom stereocenters. The van der Waals surface area contributed by atoms with Gasteiger partial charge < -0.3 is 10.2 Å². The molecule has 2 aromatic rings. The van der Waals surface area contributed by atoms with E-state index in [4.69, 9.17) is 0 Å². The molecule has 0 spiro atoms. The maximum Gasteiger partial charge on any atom is 0.271 e. The van der Waals surface area contributed by atoms with Gasteiger partial charge >= 0.3 is 0 Å². The molecule has 1 amide bonds. The molecule has 0 aliphatic carbocycles. The van der Waals surface area contributed by atoms with Crippen LogP contribution in [0.4, 0.5) is 0 Å². The molecule has 1 aromatic heterocycles. The van der Waals surface area contributed by atoms with Crippen molar-refractivity contribution in [2.45, 2.75) is 6.04 Å². The monoisotopic (exact) mass is 286 g/mol. The van der Waals surface area contributed by atoms with Gasteiger partial charge in [-0.05, 0) is 25.7 Å². The van der Waals surface area contributed by atoms with Crippen molar-refractivity contribution in [2.24, 2.45) is 0 Å². The molecule has 0 unspecified atom stereocenters. The van der Waals surface area contributed by atoms with Crippen molar-refractivity contribution < 1.29 is 4.79 Å². The Balaban J connectivity index is 2.04. The molecule has 6 heteroatoms. The number of likely N-dealkylation sites (N-methyl/N-ethyl adjacent to an activating group) is 1. The van der Waals surface area contributed by atoms with E-state index in [9.17, 15) is 9.59 Å². The number of aromatic amines is 1. The number of hydrogen-bond donors (Lipinski definition) is 2. The number of nitrogens with one attached hydrogen (secondary N) is 2. The summed E-state index contributed by atoms with van der Waals surface area (Å²) in [6.45, 7) is 0.455. The van der Waals surface area contributed by atoms with Gasteiger partial charge in [0.05, 0.1) is 6.04 Å². The lowest BCUT2D eigenvalue weighted by atomic mass is 10.1. The van der Waals surface area contributed by atoms with Crippen molar-refractivity contribution in [3.63, 3.8) is 0 Å². The number of hydrogen-bond acceptors (Lipinski definition) is 4. The van der Waals surface area contributed by atoms with E-state index in [0.29, 0.717) is 6.54 Å². The van der Waals surface area contributed by atoms with Crippen molar-refractivity contribution in [1.82, 2.24) is 20.4 Å². The summed E-state index contributed by atoms with van der Waals surface area (Å²) in [7, 11) is 3.92. The van der Waals surface area contributed by atoms with Crippen LogP contribution in [-0.4, -0.2) is 41.6 Å². The minimum absolute atomic E-state index is 0.0675. The quantitative estimate of drug-likeness (QED) is 0.852. The number of carbonyl (C=O) groups excluding carboxylic acids is 1. The van der Waals surface area contributed by atoms with Gasteiger partial charge in [0.15, 0.2) is 0 Å². The third-order valence-electron chi connectivity index (χ3n) is 3.18. The Morgan fingerprint density at radius 1 is 1.24 bits per heavy atom. The molecular formula is C15H18N4O2. The topological polar surface area (TPSA) is 78.1 Å². The molecule has 0 aliphatic rings. The average molecular weight is 286 g/mol. The lowest BCUT2D eigenvalue weighted by Gasteiger charge is -2.25. The Morgan fingerprint density at radius 2 is 1.95 bits per heavy atom. The first kappa shape index (κ1) is 14.9. The summed E-state index contributed by atoms with van der Waals surface area (Å²) in [4.78, 5) is 25.0. The fourth-order valence-electron chi connectivity index (χ4n) is 2.02. The van der Waals surface area contributed by atoms with E-state index in [2.05, 4.69) is 15.5 Å². The molecule has 1 heterocycles. The van der Waals surface area contributed by atoms with Crippen molar-refractivity contribution >= 4 is 5.91 Å². The summed E-state index contributed by atoms with van der Waals surface area (Å²) in [5.41, 5.74) is 0.986. The highest BCUT2D eigenvalue weighted by Gasteiger charge is 2.16. The molecule has 0 saturated carbocycles. The first-order chi connectivity index (χ1) is 10.1. The van der Waals surface area contributed by atoms with Gasteiger partial charge in [-0.1, -0.05) is 30.3 Å². The fraction of sp³-hybridized carbons (Fsp3) is 0.267. The van der Waals surface area contributed by atoms with Gasteiger partial charge in [0.25, 0.3) is 11.5 Å². The molecule has 2 rings (SSSR count). The Labute approximate surface area is 122 Å². The molecule has 0 aliphatic heterocycles. The SMILES string of the molecule is CN(C)[C@H](CNC(=O)c1ccc(=O)[nH]n1)c1ccccc1.